The van der Waals surface area contributed by atoms with E-state index in [2.05, 4.69) is 4.98 Å². The number of ether oxygens (including phenoxy) is 3. The van der Waals surface area contributed by atoms with Crippen molar-refractivity contribution in [2.45, 2.75) is 12.6 Å². The van der Waals surface area contributed by atoms with E-state index < -0.39 is 17.7 Å². The van der Waals surface area contributed by atoms with E-state index in [1.807, 2.05) is 0 Å². The molecule has 5 rings (SSSR count). The molecule has 9 heteroatoms. The summed E-state index contributed by atoms with van der Waals surface area (Å²) in [4.78, 5) is 32.4. The maximum absolute atomic E-state index is 13.4. The number of carbonyl (C=O) groups is 2. The first-order valence-electron chi connectivity index (χ1n) is 12.3. The number of amides is 1. The Bertz CT molecular complexity index is 1570. The highest BCUT2D eigenvalue weighted by atomic mass is 35.5. The fourth-order valence-corrected chi connectivity index (χ4v) is 4.68. The highest BCUT2D eigenvalue weighted by Crippen LogP contribution is 2.42. The summed E-state index contributed by atoms with van der Waals surface area (Å²) in [6.45, 7) is 0.139. The van der Waals surface area contributed by atoms with Crippen molar-refractivity contribution in [3.63, 3.8) is 0 Å². The van der Waals surface area contributed by atoms with Crippen molar-refractivity contribution in [1.82, 2.24) is 4.98 Å². The molecular formula is C31H25ClN2O6. The highest BCUT2D eigenvalue weighted by molar-refractivity contribution is 6.51. The van der Waals surface area contributed by atoms with Crippen LogP contribution in [0.25, 0.3) is 5.76 Å². The lowest BCUT2D eigenvalue weighted by Crippen LogP contribution is -2.30. The molecule has 1 atom stereocenters. The third-order valence-electron chi connectivity index (χ3n) is 6.53. The lowest BCUT2D eigenvalue weighted by Gasteiger charge is -2.25. The first kappa shape index (κ1) is 26.8. The van der Waals surface area contributed by atoms with Gasteiger partial charge in [0.05, 0.1) is 25.8 Å². The van der Waals surface area contributed by atoms with Gasteiger partial charge in [-0.15, -0.1) is 0 Å². The maximum atomic E-state index is 13.4. The quantitative estimate of drug-likeness (QED) is 0.162. The summed E-state index contributed by atoms with van der Waals surface area (Å²) < 4.78 is 16.7. The molecule has 1 fully saturated rings. The summed E-state index contributed by atoms with van der Waals surface area (Å²) in [5.41, 5.74) is 1.54. The Labute approximate surface area is 236 Å². The zero-order valence-electron chi connectivity index (χ0n) is 21.7. The number of pyridine rings is 1. The smallest absolute Gasteiger partial charge is 0.301 e. The first-order chi connectivity index (χ1) is 19.4. The first-order valence-corrected chi connectivity index (χ1v) is 12.7. The fraction of sp³-hybridized carbons (Fsp3) is 0.129. The molecule has 0 radical (unpaired) electrons. The molecule has 0 saturated carbocycles. The Kier molecular flexibility index (Phi) is 7.70. The van der Waals surface area contributed by atoms with Gasteiger partial charge in [0.1, 0.15) is 35.4 Å². The number of hydrogen-bond donors (Lipinski definition) is 1. The van der Waals surface area contributed by atoms with Gasteiger partial charge in [-0.25, -0.2) is 4.98 Å². The average Bonchev–Trinajstić information content (AvgIpc) is 3.26. The number of aromatic nitrogens is 1. The van der Waals surface area contributed by atoms with Crippen LogP contribution in [0, 0.1) is 0 Å². The van der Waals surface area contributed by atoms with E-state index in [9.17, 15) is 14.7 Å². The van der Waals surface area contributed by atoms with E-state index in [0.29, 0.717) is 39.0 Å². The second-order valence-electron chi connectivity index (χ2n) is 8.90. The Balaban J connectivity index is 1.62. The topological polar surface area (TPSA) is 98.2 Å². The normalized spacial score (nSPS) is 16.2. The van der Waals surface area contributed by atoms with Gasteiger partial charge in [0, 0.05) is 22.3 Å². The summed E-state index contributed by atoms with van der Waals surface area (Å²) in [5, 5.41) is 12.0. The zero-order chi connectivity index (χ0) is 28.2. The van der Waals surface area contributed by atoms with E-state index in [4.69, 9.17) is 25.8 Å². The Morgan fingerprint density at radius 1 is 0.925 bits per heavy atom. The van der Waals surface area contributed by atoms with Crippen LogP contribution in [0.4, 0.5) is 5.82 Å². The lowest BCUT2D eigenvalue weighted by molar-refractivity contribution is -0.132. The van der Waals surface area contributed by atoms with Gasteiger partial charge in [0.2, 0.25) is 0 Å². The minimum Gasteiger partial charge on any atom is -0.507 e. The van der Waals surface area contributed by atoms with Crippen LogP contribution in [0.3, 0.4) is 0 Å². The van der Waals surface area contributed by atoms with Gasteiger partial charge in [-0.05, 0) is 78.4 Å². The second kappa shape index (κ2) is 11.5. The van der Waals surface area contributed by atoms with Crippen molar-refractivity contribution in [3.8, 4) is 17.2 Å². The maximum Gasteiger partial charge on any atom is 0.301 e. The Morgan fingerprint density at radius 3 is 2.30 bits per heavy atom. The summed E-state index contributed by atoms with van der Waals surface area (Å²) in [6, 6.07) is 22.9. The van der Waals surface area contributed by atoms with Gasteiger partial charge >= 0.3 is 5.91 Å². The molecule has 0 aliphatic carbocycles. The number of halogens is 1. The Hall–Kier alpha value is -4.82. The van der Waals surface area contributed by atoms with Gasteiger partial charge in [0.15, 0.2) is 0 Å². The molecule has 0 bridgehead atoms. The molecule has 0 spiro atoms. The molecular weight excluding hydrogens is 532 g/mol. The fourth-order valence-electron chi connectivity index (χ4n) is 4.56. The van der Waals surface area contributed by atoms with Gasteiger partial charge < -0.3 is 19.3 Å². The van der Waals surface area contributed by atoms with Crippen molar-refractivity contribution in [1.29, 1.82) is 0 Å². The molecule has 2 heterocycles. The number of carbonyl (C=O) groups excluding carboxylic acids is 2. The predicted molar refractivity (Wildman–Crippen MR) is 151 cm³/mol. The Morgan fingerprint density at radius 2 is 1.65 bits per heavy atom. The molecule has 1 aliphatic rings. The van der Waals surface area contributed by atoms with E-state index in [-0.39, 0.29) is 23.8 Å². The summed E-state index contributed by atoms with van der Waals surface area (Å²) in [6.07, 6.45) is 1.54. The van der Waals surface area contributed by atoms with Crippen molar-refractivity contribution in [3.05, 3.63) is 118 Å². The van der Waals surface area contributed by atoms with E-state index in [1.54, 1.807) is 92.0 Å². The van der Waals surface area contributed by atoms with Crippen LogP contribution in [-0.4, -0.2) is 36.0 Å². The number of anilines is 1. The summed E-state index contributed by atoms with van der Waals surface area (Å²) >= 11 is 5.98. The van der Waals surface area contributed by atoms with Gasteiger partial charge in [0.25, 0.3) is 5.78 Å². The summed E-state index contributed by atoms with van der Waals surface area (Å²) in [5.74, 6) is 0.103. The SMILES string of the molecule is COc1ccc(C(O)=C2C(=O)C(=O)N(c3ccccn3)[C@H]2c2ccc(OC)c(COc3ccc(Cl)cc3)c2)cc1. The number of aliphatic hydroxyl groups is 1. The third kappa shape index (κ3) is 5.21. The van der Waals surface area contributed by atoms with Crippen LogP contribution in [0.15, 0.2) is 96.7 Å². The van der Waals surface area contributed by atoms with Crippen LogP contribution in [0.5, 0.6) is 17.2 Å². The molecule has 40 heavy (non-hydrogen) atoms. The highest BCUT2D eigenvalue weighted by Gasteiger charge is 2.47. The lowest BCUT2D eigenvalue weighted by atomic mass is 9.94. The zero-order valence-corrected chi connectivity index (χ0v) is 22.5. The number of aliphatic hydroxyl groups excluding tert-OH is 1. The third-order valence-corrected chi connectivity index (χ3v) is 6.78. The van der Waals surface area contributed by atoms with Gasteiger partial charge in [-0.2, -0.15) is 0 Å². The largest absolute Gasteiger partial charge is 0.507 e. The summed E-state index contributed by atoms with van der Waals surface area (Å²) in [7, 11) is 3.08. The number of ketones is 1. The van der Waals surface area contributed by atoms with Crippen molar-refractivity contribution in [2.24, 2.45) is 0 Å². The van der Waals surface area contributed by atoms with Gasteiger partial charge in [-0.3, -0.25) is 14.5 Å². The van der Waals surface area contributed by atoms with Crippen LogP contribution in [0.1, 0.15) is 22.7 Å². The molecule has 1 N–H and O–H groups in total. The minimum atomic E-state index is -0.961. The van der Waals surface area contributed by atoms with Crippen LogP contribution >= 0.6 is 11.6 Å². The second-order valence-corrected chi connectivity index (χ2v) is 9.34. The number of rotatable bonds is 8. The molecule has 1 amide bonds. The number of benzene rings is 3. The molecule has 1 saturated heterocycles. The molecule has 8 nitrogen and oxygen atoms in total. The number of hydrogen-bond acceptors (Lipinski definition) is 7. The standard InChI is InChI=1S/C31H25ClN2O6/c1-38-23-11-6-19(7-12-23)29(35)27-28(34(31(37)30(27)36)26-5-3-4-16-33-26)20-8-15-25(39-2)21(17-20)18-40-24-13-9-22(32)10-14-24/h3-17,28,35H,18H2,1-2H3/t28-/m0/s1. The minimum absolute atomic E-state index is 0.0597. The predicted octanol–water partition coefficient (Wildman–Crippen LogP) is 5.96. The van der Waals surface area contributed by atoms with Crippen LogP contribution in [0.2, 0.25) is 5.02 Å². The van der Waals surface area contributed by atoms with E-state index in [0.717, 1.165) is 0 Å². The molecule has 1 aliphatic heterocycles. The molecule has 1 aromatic heterocycles. The van der Waals surface area contributed by atoms with Crippen molar-refractivity contribution >= 4 is 34.9 Å². The van der Waals surface area contributed by atoms with Crippen LogP contribution in [-0.2, 0) is 16.2 Å². The molecule has 202 valence electrons. The van der Waals surface area contributed by atoms with Crippen molar-refractivity contribution in [2.75, 3.05) is 19.1 Å². The molecule has 3 aromatic carbocycles. The average molecular weight is 557 g/mol. The van der Waals surface area contributed by atoms with E-state index in [1.165, 1.54) is 18.2 Å². The number of methoxy groups -OCH3 is 2. The van der Waals surface area contributed by atoms with E-state index >= 15 is 0 Å². The van der Waals surface area contributed by atoms with Crippen molar-refractivity contribution < 1.29 is 28.9 Å². The molecule has 0 unspecified atom stereocenters. The number of nitrogens with zero attached hydrogens (tertiary/aromatic N) is 2. The monoisotopic (exact) mass is 556 g/mol. The molecule has 4 aromatic rings. The van der Waals surface area contributed by atoms with Gasteiger partial charge in [-0.1, -0.05) is 23.7 Å². The van der Waals surface area contributed by atoms with Crippen LogP contribution < -0.4 is 19.1 Å². The number of Topliss-reactive ketones (excluding diaryl/α,β-unsaturated/α-hetero) is 1.